The van der Waals surface area contributed by atoms with Crippen molar-refractivity contribution in [2.45, 2.75) is 26.2 Å². The smallest absolute Gasteiger partial charge is 0.255 e. The van der Waals surface area contributed by atoms with E-state index in [1.54, 1.807) is 0 Å². The fourth-order valence-corrected chi connectivity index (χ4v) is 2.89. The molecule has 3 rings (SSSR count). The van der Waals surface area contributed by atoms with Crippen molar-refractivity contribution in [3.8, 4) is 0 Å². The Labute approximate surface area is 127 Å². The quantitative estimate of drug-likeness (QED) is 0.863. The van der Waals surface area contributed by atoms with E-state index < -0.39 is 0 Å². The lowest BCUT2D eigenvalue weighted by Gasteiger charge is -2.08. The van der Waals surface area contributed by atoms with Crippen LogP contribution in [-0.2, 0) is 12.8 Å². The molecule has 0 bridgehead atoms. The molecule has 0 saturated heterocycles. The molecule has 2 aromatic rings. The number of amides is 1. The first-order valence-corrected chi connectivity index (χ1v) is 7.62. The number of anilines is 1. The minimum Gasteiger partial charge on any atom is -0.322 e. The zero-order chi connectivity index (χ0) is 14.1. The Bertz CT molecular complexity index is 679. The van der Waals surface area contributed by atoms with Crippen LogP contribution in [0.15, 0.2) is 40.9 Å². The summed E-state index contributed by atoms with van der Waals surface area (Å²) >= 11 is 3.46. The fraction of sp³-hybridized carbons (Fsp3) is 0.235. The van der Waals surface area contributed by atoms with E-state index in [-0.39, 0.29) is 5.91 Å². The number of halogens is 1. The van der Waals surface area contributed by atoms with Crippen molar-refractivity contribution >= 4 is 27.5 Å². The molecule has 0 saturated carbocycles. The third kappa shape index (κ3) is 2.63. The summed E-state index contributed by atoms with van der Waals surface area (Å²) in [6, 6.07) is 11.9. The van der Waals surface area contributed by atoms with Gasteiger partial charge in [0.15, 0.2) is 0 Å². The molecule has 1 amide bonds. The molecule has 102 valence electrons. The fourth-order valence-electron chi connectivity index (χ4n) is 2.64. The molecular weight excluding hydrogens is 314 g/mol. The average Bonchev–Trinajstić information content (AvgIpc) is 2.90. The summed E-state index contributed by atoms with van der Waals surface area (Å²) < 4.78 is 1.05. The second kappa shape index (κ2) is 5.41. The number of hydrogen-bond donors (Lipinski definition) is 1. The van der Waals surface area contributed by atoms with Crippen LogP contribution >= 0.6 is 15.9 Å². The Hall–Kier alpha value is -1.61. The van der Waals surface area contributed by atoms with Gasteiger partial charge in [-0.3, -0.25) is 4.79 Å². The lowest BCUT2D eigenvalue weighted by atomic mass is 10.1. The minimum atomic E-state index is -0.0403. The Morgan fingerprint density at radius 1 is 1.10 bits per heavy atom. The Morgan fingerprint density at radius 2 is 1.90 bits per heavy atom. The van der Waals surface area contributed by atoms with Crippen LogP contribution < -0.4 is 5.32 Å². The molecule has 0 spiro atoms. The molecule has 20 heavy (non-hydrogen) atoms. The minimum absolute atomic E-state index is 0.0403. The highest BCUT2D eigenvalue weighted by atomic mass is 79.9. The zero-order valence-corrected chi connectivity index (χ0v) is 13.0. The lowest BCUT2D eigenvalue weighted by Crippen LogP contribution is -2.12. The summed E-state index contributed by atoms with van der Waals surface area (Å²) in [5.74, 6) is -0.0403. The predicted molar refractivity (Wildman–Crippen MR) is 85.3 cm³/mol. The van der Waals surface area contributed by atoms with E-state index in [0.29, 0.717) is 0 Å². The van der Waals surface area contributed by atoms with Gasteiger partial charge in [-0.1, -0.05) is 22.0 Å². The number of carbonyl (C=O) groups excluding carboxylic acids is 1. The first-order valence-electron chi connectivity index (χ1n) is 6.83. The molecule has 0 fully saturated rings. The number of aryl methyl sites for hydroxylation is 3. The van der Waals surface area contributed by atoms with Gasteiger partial charge >= 0.3 is 0 Å². The van der Waals surface area contributed by atoms with Gasteiger partial charge in [0.1, 0.15) is 0 Å². The van der Waals surface area contributed by atoms with Crippen LogP contribution in [0, 0.1) is 6.92 Å². The van der Waals surface area contributed by atoms with Crippen molar-refractivity contribution in [2.24, 2.45) is 0 Å². The summed E-state index contributed by atoms with van der Waals surface area (Å²) in [6.07, 6.45) is 3.43. The molecule has 2 aromatic carbocycles. The van der Waals surface area contributed by atoms with Gasteiger partial charge in [0, 0.05) is 15.7 Å². The van der Waals surface area contributed by atoms with Gasteiger partial charge in [-0.2, -0.15) is 0 Å². The Balaban J connectivity index is 1.80. The normalized spacial score (nSPS) is 13.1. The van der Waals surface area contributed by atoms with E-state index in [9.17, 15) is 4.79 Å². The van der Waals surface area contributed by atoms with Crippen LogP contribution in [-0.4, -0.2) is 5.91 Å². The van der Waals surface area contributed by atoms with Crippen LogP contribution in [0.4, 0.5) is 5.69 Å². The van der Waals surface area contributed by atoms with Crippen molar-refractivity contribution in [3.63, 3.8) is 0 Å². The van der Waals surface area contributed by atoms with Crippen molar-refractivity contribution in [2.75, 3.05) is 5.32 Å². The van der Waals surface area contributed by atoms with Crippen molar-refractivity contribution in [1.82, 2.24) is 0 Å². The van der Waals surface area contributed by atoms with E-state index in [4.69, 9.17) is 0 Å². The maximum Gasteiger partial charge on any atom is 0.255 e. The number of rotatable bonds is 2. The molecule has 0 heterocycles. The largest absolute Gasteiger partial charge is 0.322 e. The molecule has 0 atom stereocenters. The number of nitrogens with one attached hydrogen (secondary N) is 1. The highest BCUT2D eigenvalue weighted by Crippen LogP contribution is 2.24. The summed E-state index contributed by atoms with van der Waals surface area (Å²) in [7, 11) is 0. The third-order valence-electron chi connectivity index (χ3n) is 3.78. The van der Waals surface area contributed by atoms with Crippen LogP contribution in [0.2, 0.25) is 0 Å². The lowest BCUT2D eigenvalue weighted by molar-refractivity contribution is 0.102. The highest BCUT2D eigenvalue weighted by molar-refractivity contribution is 9.10. The molecule has 0 aliphatic heterocycles. The molecular formula is C17H16BrNO. The first kappa shape index (κ1) is 13.4. The molecule has 0 unspecified atom stereocenters. The van der Waals surface area contributed by atoms with Crippen LogP contribution in [0.5, 0.6) is 0 Å². The third-order valence-corrected chi connectivity index (χ3v) is 4.67. The van der Waals surface area contributed by atoms with Crippen molar-refractivity contribution < 1.29 is 4.79 Å². The number of benzene rings is 2. The molecule has 1 N–H and O–H groups in total. The van der Waals surface area contributed by atoms with Gasteiger partial charge in [-0.15, -0.1) is 0 Å². The van der Waals surface area contributed by atoms with Crippen molar-refractivity contribution in [1.29, 1.82) is 0 Å². The highest BCUT2D eigenvalue weighted by Gasteiger charge is 2.14. The Kier molecular flexibility index (Phi) is 3.62. The molecule has 1 aliphatic carbocycles. The molecule has 0 radical (unpaired) electrons. The zero-order valence-electron chi connectivity index (χ0n) is 11.4. The van der Waals surface area contributed by atoms with Gasteiger partial charge < -0.3 is 5.32 Å². The Morgan fingerprint density at radius 3 is 2.70 bits per heavy atom. The van der Waals surface area contributed by atoms with Gasteiger partial charge in [0.2, 0.25) is 0 Å². The van der Waals surface area contributed by atoms with Crippen LogP contribution in [0.25, 0.3) is 0 Å². The molecule has 2 nitrogen and oxygen atoms in total. The number of hydrogen-bond acceptors (Lipinski definition) is 1. The first-order chi connectivity index (χ1) is 9.63. The van der Waals surface area contributed by atoms with Gasteiger partial charge in [0.25, 0.3) is 5.91 Å². The maximum absolute atomic E-state index is 12.3. The topological polar surface area (TPSA) is 29.1 Å². The van der Waals surface area contributed by atoms with Crippen molar-refractivity contribution in [3.05, 3.63) is 63.1 Å². The van der Waals surface area contributed by atoms with Gasteiger partial charge in [-0.05, 0) is 73.2 Å². The summed E-state index contributed by atoms with van der Waals surface area (Å²) in [5.41, 5.74) is 5.39. The maximum atomic E-state index is 12.3. The van der Waals surface area contributed by atoms with Crippen LogP contribution in [0.3, 0.4) is 0 Å². The molecule has 3 heteroatoms. The number of carbonyl (C=O) groups is 1. The monoisotopic (exact) mass is 329 g/mol. The van der Waals surface area contributed by atoms with E-state index in [0.717, 1.165) is 34.1 Å². The molecule has 1 aliphatic rings. The SMILES string of the molecule is Cc1cc(NC(=O)c2ccc3c(c2)CCC3)ccc1Br. The van der Waals surface area contributed by atoms with Gasteiger partial charge in [0.05, 0.1) is 0 Å². The van der Waals surface area contributed by atoms with Crippen LogP contribution in [0.1, 0.15) is 33.5 Å². The van der Waals surface area contributed by atoms with E-state index >= 15 is 0 Å². The second-order valence-electron chi connectivity index (χ2n) is 5.26. The van der Waals surface area contributed by atoms with Gasteiger partial charge in [-0.25, -0.2) is 0 Å². The standard InChI is InChI=1S/C17H16BrNO/c1-11-9-15(7-8-16(11)18)19-17(20)14-6-5-12-3-2-4-13(12)10-14/h5-10H,2-4H2,1H3,(H,19,20). The molecule has 0 aromatic heterocycles. The average molecular weight is 330 g/mol. The predicted octanol–water partition coefficient (Wildman–Crippen LogP) is 4.50. The van der Waals surface area contributed by atoms with E-state index in [1.165, 1.54) is 17.5 Å². The van der Waals surface area contributed by atoms with E-state index in [2.05, 4.69) is 27.3 Å². The number of fused-ring (bicyclic) bond motifs is 1. The van der Waals surface area contributed by atoms with E-state index in [1.807, 2.05) is 37.3 Å². The summed E-state index contributed by atoms with van der Waals surface area (Å²) in [5, 5.41) is 2.96. The second-order valence-corrected chi connectivity index (χ2v) is 6.11. The summed E-state index contributed by atoms with van der Waals surface area (Å²) in [4.78, 5) is 12.3. The summed E-state index contributed by atoms with van der Waals surface area (Å²) in [6.45, 7) is 2.01.